The number of nitrogens with one attached hydrogen (secondary N) is 1. The maximum Gasteiger partial charge on any atom is 0.339 e. The van der Waals surface area contributed by atoms with Gasteiger partial charge in [-0.2, -0.15) is 4.52 Å². The summed E-state index contributed by atoms with van der Waals surface area (Å²) in [7, 11) is 0. The number of carbonyl (C=O) groups excluding carboxylic acids is 1. The van der Waals surface area contributed by atoms with Crippen molar-refractivity contribution < 1.29 is 9.72 Å². The number of Topliss-reactive ketones (excluding diaryl/α,β-unsaturated/α-hetero) is 1. The van der Waals surface area contributed by atoms with Crippen LogP contribution < -0.4 is 5.32 Å². The number of rotatable bonds is 4. The van der Waals surface area contributed by atoms with Gasteiger partial charge in [-0.1, -0.05) is 0 Å². The molecular weight excluding hydrogens is 278 g/mol. The lowest BCUT2D eigenvalue weighted by Gasteiger charge is -2.09. The number of pyridine rings is 2. The summed E-state index contributed by atoms with van der Waals surface area (Å²) in [6.45, 7) is 1.35. The Bertz CT molecular complexity index is 873. The van der Waals surface area contributed by atoms with Crippen molar-refractivity contribution in [3.05, 3.63) is 28.4 Å². The molecule has 106 valence electrons. The van der Waals surface area contributed by atoms with E-state index < -0.39 is 4.92 Å². The molecule has 0 saturated carbocycles. The molecular formula is C11H9N7O3. The van der Waals surface area contributed by atoms with Gasteiger partial charge in [0.2, 0.25) is 0 Å². The van der Waals surface area contributed by atoms with Crippen molar-refractivity contribution >= 4 is 33.8 Å². The molecule has 3 rings (SSSR count). The van der Waals surface area contributed by atoms with Crippen LogP contribution in [0.3, 0.4) is 0 Å². The molecule has 0 aliphatic heterocycles. The summed E-state index contributed by atoms with van der Waals surface area (Å²) in [4.78, 5) is 26.1. The Morgan fingerprint density at radius 3 is 3.00 bits per heavy atom. The highest BCUT2D eigenvalue weighted by Crippen LogP contribution is 2.34. The van der Waals surface area contributed by atoms with E-state index in [1.165, 1.54) is 17.6 Å². The summed E-state index contributed by atoms with van der Waals surface area (Å²) < 4.78 is 1.20. The Morgan fingerprint density at radius 1 is 1.48 bits per heavy atom. The van der Waals surface area contributed by atoms with Crippen molar-refractivity contribution in [2.75, 3.05) is 11.9 Å². The molecule has 10 heteroatoms. The molecule has 0 aliphatic rings. The number of tetrazole rings is 1. The van der Waals surface area contributed by atoms with Crippen LogP contribution in [-0.4, -0.2) is 42.3 Å². The molecule has 3 heterocycles. The molecule has 3 aromatic heterocycles. The topological polar surface area (TPSA) is 128 Å². The van der Waals surface area contributed by atoms with Gasteiger partial charge >= 0.3 is 5.69 Å². The number of fused-ring (bicyclic) bond motifs is 3. The maximum atomic E-state index is 11.4. The lowest BCUT2D eigenvalue weighted by atomic mass is 10.2. The molecule has 0 fully saturated rings. The lowest BCUT2D eigenvalue weighted by Crippen LogP contribution is -2.13. The molecule has 0 radical (unpaired) electrons. The minimum absolute atomic E-state index is 0.0303. The van der Waals surface area contributed by atoms with E-state index in [0.29, 0.717) is 11.0 Å². The van der Waals surface area contributed by atoms with Crippen LogP contribution in [0.25, 0.3) is 16.7 Å². The SMILES string of the molecule is CC(=O)CNc1c([N+](=O)[O-])c2nnnn2c2ncccc12. The smallest absolute Gasteiger partial charge is 0.339 e. The third-order valence-corrected chi connectivity index (χ3v) is 2.87. The first kappa shape index (κ1) is 12.8. The van der Waals surface area contributed by atoms with Crippen LogP contribution in [-0.2, 0) is 4.79 Å². The second kappa shape index (κ2) is 4.74. The molecule has 10 nitrogen and oxygen atoms in total. The van der Waals surface area contributed by atoms with Crippen molar-refractivity contribution in [1.29, 1.82) is 0 Å². The van der Waals surface area contributed by atoms with E-state index in [1.54, 1.807) is 12.1 Å². The van der Waals surface area contributed by atoms with Crippen molar-refractivity contribution in [3.63, 3.8) is 0 Å². The zero-order valence-electron chi connectivity index (χ0n) is 10.8. The maximum absolute atomic E-state index is 11.4. The van der Waals surface area contributed by atoms with Gasteiger partial charge in [0, 0.05) is 11.6 Å². The summed E-state index contributed by atoms with van der Waals surface area (Å²) in [6, 6.07) is 3.29. The standard InChI is InChI=1S/C11H9N7O3/c1-6(19)5-13-8-7-3-2-4-12-10(7)17-11(14-15-16-17)9(8)18(20)21/h2-4,13H,5H2,1H3. The molecule has 0 spiro atoms. The van der Waals surface area contributed by atoms with Crippen LogP contribution in [0.2, 0.25) is 0 Å². The summed E-state index contributed by atoms with van der Waals surface area (Å²) in [6.07, 6.45) is 1.53. The Balaban J connectivity index is 2.40. The highest BCUT2D eigenvalue weighted by molar-refractivity contribution is 6.00. The number of hydrogen-bond donors (Lipinski definition) is 1. The normalized spacial score (nSPS) is 10.9. The van der Waals surface area contributed by atoms with E-state index in [4.69, 9.17) is 0 Å². The minimum Gasteiger partial charge on any atom is -0.372 e. The van der Waals surface area contributed by atoms with E-state index in [9.17, 15) is 14.9 Å². The molecule has 0 unspecified atom stereocenters. The summed E-state index contributed by atoms with van der Waals surface area (Å²) in [5.41, 5.74) is 0.230. The van der Waals surface area contributed by atoms with Crippen LogP contribution in [0.4, 0.5) is 11.4 Å². The van der Waals surface area contributed by atoms with Gasteiger partial charge in [-0.3, -0.25) is 14.9 Å². The summed E-state index contributed by atoms with van der Waals surface area (Å²) >= 11 is 0. The van der Waals surface area contributed by atoms with Gasteiger partial charge in [-0.15, -0.1) is 5.10 Å². The fraction of sp³-hybridized carbons (Fsp3) is 0.182. The molecule has 0 amide bonds. The number of nitro groups is 1. The number of carbonyl (C=O) groups is 1. The van der Waals surface area contributed by atoms with E-state index >= 15 is 0 Å². The Kier molecular flexibility index (Phi) is 2.90. The van der Waals surface area contributed by atoms with Gasteiger partial charge in [0.05, 0.1) is 11.5 Å². The zero-order valence-corrected chi connectivity index (χ0v) is 10.8. The lowest BCUT2D eigenvalue weighted by molar-refractivity contribution is -0.382. The van der Waals surface area contributed by atoms with E-state index in [2.05, 4.69) is 25.8 Å². The third-order valence-electron chi connectivity index (χ3n) is 2.87. The fourth-order valence-corrected chi connectivity index (χ4v) is 2.04. The Morgan fingerprint density at radius 2 is 2.29 bits per heavy atom. The van der Waals surface area contributed by atoms with Crippen molar-refractivity contribution in [2.45, 2.75) is 6.92 Å². The Hall–Kier alpha value is -3.17. The number of aromatic nitrogens is 5. The highest BCUT2D eigenvalue weighted by Gasteiger charge is 2.26. The first-order valence-electron chi connectivity index (χ1n) is 5.96. The van der Waals surface area contributed by atoms with Crippen molar-refractivity contribution in [2.24, 2.45) is 0 Å². The largest absolute Gasteiger partial charge is 0.372 e. The second-order valence-corrected chi connectivity index (χ2v) is 4.33. The minimum atomic E-state index is -0.583. The number of anilines is 1. The summed E-state index contributed by atoms with van der Waals surface area (Å²) in [5.74, 6) is -0.152. The summed E-state index contributed by atoms with van der Waals surface area (Å²) in [5, 5.41) is 25.5. The number of hydrogen-bond acceptors (Lipinski definition) is 8. The third kappa shape index (κ3) is 2.02. The van der Waals surface area contributed by atoms with Crippen molar-refractivity contribution in [3.8, 4) is 0 Å². The van der Waals surface area contributed by atoms with Crippen LogP contribution >= 0.6 is 0 Å². The fourth-order valence-electron chi connectivity index (χ4n) is 2.04. The van der Waals surface area contributed by atoms with Gasteiger partial charge in [-0.05, 0) is 29.5 Å². The second-order valence-electron chi connectivity index (χ2n) is 4.33. The number of ketones is 1. The number of nitrogens with zero attached hydrogens (tertiary/aromatic N) is 6. The van der Waals surface area contributed by atoms with Crippen LogP contribution in [0.5, 0.6) is 0 Å². The zero-order chi connectivity index (χ0) is 15.0. The quantitative estimate of drug-likeness (QED) is 0.545. The molecule has 21 heavy (non-hydrogen) atoms. The first-order valence-corrected chi connectivity index (χ1v) is 5.96. The molecule has 0 aliphatic carbocycles. The first-order chi connectivity index (χ1) is 10.1. The van der Waals surface area contributed by atoms with Gasteiger partial charge < -0.3 is 5.32 Å². The monoisotopic (exact) mass is 287 g/mol. The van der Waals surface area contributed by atoms with Gasteiger partial charge in [0.1, 0.15) is 11.5 Å². The van der Waals surface area contributed by atoms with E-state index in [0.717, 1.165) is 0 Å². The average molecular weight is 287 g/mol. The van der Waals surface area contributed by atoms with E-state index in [1.807, 2.05) is 0 Å². The molecule has 0 bridgehead atoms. The molecule has 3 aromatic rings. The predicted octanol–water partition coefficient (Wildman–Crippen LogP) is 0.582. The molecule has 0 aromatic carbocycles. The molecule has 0 saturated heterocycles. The van der Waals surface area contributed by atoms with Crippen molar-refractivity contribution in [1.82, 2.24) is 25.0 Å². The predicted molar refractivity (Wildman–Crippen MR) is 71.9 cm³/mol. The molecule has 1 N–H and O–H groups in total. The Labute approximate surface area is 116 Å². The van der Waals surface area contributed by atoms with Crippen LogP contribution in [0.1, 0.15) is 6.92 Å². The van der Waals surface area contributed by atoms with Gasteiger partial charge in [0.15, 0.2) is 5.65 Å². The molecule has 0 atom stereocenters. The van der Waals surface area contributed by atoms with E-state index in [-0.39, 0.29) is 29.3 Å². The van der Waals surface area contributed by atoms with Crippen LogP contribution in [0, 0.1) is 10.1 Å². The van der Waals surface area contributed by atoms with Crippen LogP contribution in [0.15, 0.2) is 18.3 Å². The highest BCUT2D eigenvalue weighted by atomic mass is 16.6. The average Bonchev–Trinajstić information content (AvgIpc) is 2.92. The van der Waals surface area contributed by atoms with Gasteiger partial charge in [-0.25, -0.2) is 4.98 Å². The van der Waals surface area contributed by atoms with Gasteiger partial charge in [0.25, 0.3) is 5.65 Å².